The number of ketones is 1. The van der Waals surface area contributed by atoms with Crippen LogP contribution in [-0.4, -0.2) is 18.4 Å². The van der Waals surface area contributed by atoms with Gasteiger partial charge in [0.2, 0.25) is 0 Å². The molecule has 1 aliphatic heterocycles. The monoisotopic (exact) mass is 427 g/mol. The summed E-state index contributed by atoms with van der Waals surface area (Å²) in [6.45, 7) is 3.70. The second-order valence-electron chi connectivity index (χ2n) is 8.21. The number of carbonyl (C=O) groups is 2. The minimum absolute atomic E-state index is 0.185. The molecule has 0 amide bonds. The Kier molecular flexibility index (Phi) is 5.17. The van der Waals surface area contributed by atoms with Crippen molar-refractivity contribution in [3.05, 3.63) is 77.0 Å². The van der Waals surface area contributed by atoms with Crippen molar-refractivity contribution in [2.24, 2.45) is 0 Å². The molecule has 0 saturated carbocycles. The number of carbonyl (C=O) groups excluding carboxylic acids is 2. The predicted molar refractivity (Wildman–Crippen MR) is 124 cm³/mol. The van der Waals surface area contributed by atoms with E-state index in [9.17, 15) is 9.59 Å². The van der Waals surface area contributed by atoms with E-state index in [4.69, 9.17) is 9.47 Å². The topological polar surface area (TPSA) is 64.6 Å². The van der Waals surface area contributed by atoms with Gasteiger partial charge in [-0.15, -0.1) is 0 Å². The summed E-state index contributed by atoms with van der Waals surface area (Å²) in [7, 11) is 0. The Labute approximate surface area is 187 Å². The predicted octanol–water partition coefficient (Wildman–Crippen LogP) is 5.73. The number of rotatable bonds is 4. The molecule has 32 heavy (non-hydrogen) atoms. The van der Waals surface area contributed by atoms with Gasteiger partial charge in [0.1, 0.15) is 0 Å². The minimum atomic E-state index is -0.399. The molecule has 0 spiro atoms. The van der Waals surface area contributed by atoms with Crippen LogP contribution in [0, 0.1) is 0 Å². The maximum absolute atomic E-state index is 13.2. The molecule has 3 aromatic carbocycles. The van der Waals surface area contributed by atoms with E-state index in [0.717, 1.165) is 51.7 Å². The van der Waals surface area contributed by atoms with E-state index in [0.29, 0.717) is 24.5 Å². The van der Waals surface area contributed by atoms with Crippen LogP contribution in [0.2, 0.25) is 0 Å². The number of nitrogens with one attached hydrogen (secondary N) is 1. The number of hydrogen-bond donors (Lipinski definition) is 1. The van der Waals surface area contributed by atoms with Crippen LogP contribution in [-0.2, 0) is 9.59 Å². The Morgan fingerprint density at radius 1 is 1.06 bits per heavy atom. The van der Waals surface area contributed by atoms with Crippen LogP contribution in [0.5, 0.6) is 11.5 Å². The molecule has 2 aliphatic rings. The number of allylic oxidation sites excluding steroid dienone is 2. The van der Waals surface area contributed by atoms with Gasteiger partial charge in [-0.1, -0.05) is 36.4 Å². The first-order valence-corrected chi connectivity index (χ1v) is 11.1. The van der Waals surface area contributed by atoms with Gasteiger partial charge in [0.25, 0.3) is 0 Å². The van der Waals surface area contributed by atoms with Crippen molar-refractivity contribution in [1.29, 1.82) is 0 Å². The molecule has 162 valence electrons. The summed E-state index contributed by atoms with van der Waals surface area (Å²) >= 11 is 0. The molecule has 0 aromatic heterocycles. The van der Waals surface area contributed by atoms with Crippen LogP contribution in [0.25, 0.3) is 10.8 Å². The Hall–Kier alpha value is -3.60. The maximum Gasteiger partial charge on any atom is 0.308 e. The van der Waals surface area contributed by atoms with Crippen LogP contribution in [0.15, 0.2) is 65.9 Å². The van der Waals surface area contributed by atoms with E-state index in [-0.39, 0.29) is 11.7 Å². The van der Waals surface area contributed by atoms with E-state index in [2.05, 4.69) is 29.6 Å². The average molecular weight is 428 g/mol. The lowest BCUT2D eigenvalue weighted by molar-refractivity contribution is -0.132. The second kappa shape index (κ2) is 8.15. The van der Waals surface area contributed by atoms with Crippen molar-refractivity contribution in [1.82, 2.24) is 0 Å². The number of benzene rings is 3. The molecule has 5 nitrogen and oxygen atoms in total. The van der Waals surface area contributed by atoms with Crippen LogP contribution in [0.1, 0.15) is 50.2 Å². The zero-order valence-electron chi connectivity index (χ0n) is 18.2. The highest BCUT2D eigenvalue weighted by Crippen LogP contribution is 2.49. The van der Waals surface area contributed by atoms with Gasteiger partial charge in [0.15, 0.2) is 17.3 Å². The van der Waals surface area contributed by atoms with Gasteiger partial charge < -0.3 is 14.8 Å². The Bertz CT molecular complexity index is 1270. The number of Topliss-reactive ketones (excluding diaryl/α,β-unsaturated/α-hetero) is 1. The lowest BCUT2D eigenvalue weighted by atomic mass is 9.74. The Balaban J connectivity index is 1.75. The first-order valence-electron chi connectivity index (χ1n) is 11.1. The molecular weight excluding hydrogens is 402 g/mol. The highest BCUT2D eigenvalue weighted by Gasteiger charge is 2.36. The normalized spacial score (nSPS) is 17.4. The van der Waals surface area contributed by atoms with Gasteiger partial charge in [0.05, 0.1) is 6.61 Å². The summed E-state index contributed by atoms with van der Waals surface area (Å²) in [6, 6.07) is 18.1. The largest absolute Gasteiger partial charge is 0.490 e. The van der Waals surface area contributed by atoms with Crippen LogP contribution in [0.3, 0.4) is 0 Å². The van der Waals surface area contributed by atoms with Gasteiger partial charge in [-0.3, -0.25) is 9.59 Å². The fourth-order valence-corrected chi connectivity index (χ4v) is 4.90. The lowest BCUT2D eigenvalue weighted by Crippen LogP contribution is -2.27. The summed E-state index contributed by atoms with van der Waals surface area (Å²) in [6.07, 6.45) is 2.27. The van der Waals surface area contributed by atoms with Crippen molar-refractivity contribution >= 4 is 28.2 Å². The van der Waals surface area contributed by atoms with Gasteiger partial charge in [0, 0.05) is 36.2 Å². The second-order valence-corrected chi connectivity index (χ2v) is 8.21. The van der Waals surface area contributed by atoms with E-state index < -0.39 is 5.97 Å². The highest BCUT2D eigenvalue weighted by molar-refractivity contribution is 6.04. The first-order chi connectivity index (χ1) is 15.6. The van der Waals surface area contributed by atoms with Crippen LogP contribution in [0.4, 0.5) is 5.69 Å². The fourth-order valence-electron chi connectivity index (χ4n) is 4.90. The summed E-state index contributed by atoms with van der Waals surface area (Å²) in [5.74, 6) is 0.463. The third kappa shape index (κ3) is 3.44. The lowest BCUT2D eigenvalue weighted by Gasteiger charge is -2.35. The zero-order chi connectivity index (χ0) is 22.2. The molecule has 0 saturated heterocycles. The highest BCUT2D eigenvalue weighted by atomic mass is 16.6. The first kappa shape index (κ1) is 20.3. The Morgan fingerprint density at radius 2 is 1.91 bits per heavy atom. The molecule has 1 aliphatic carbocycles. The van der Waals surface area contributed by atoms with Gasteiger partial charge in [-0.05, 0) is 59.9 Å². The van der Waals surface area contributed by atoms with Crippen molar-refractivity contribution < 1.29 is 19.1 Å². The number of anilines is 1. The van der Waals surface area contributed by atoms with E-state index in [1.807, 2.05) is 31.2 Å². The molecule has 5 heteroatoms. The quantitative estimate of drug-likeness (QED) is 0.426. The average Bonchev–Trinajstić information content (AvgIpc) is 2.79. The minimum Gasteiger partial charge on any atom is -0.490 e. The number of esters is 1. The van der Waals surface area contributed by atoms with E-state index >= 15 is 0 Å². The fraction of sp³-hybridized carbons (Fsp3) is 0.259. The molecule has 3 aromatic rings. The summed E-state index contributed by atoms with van der Waals surface area (Å²) in [4.78, 5) is 24.7. The number of fused-ring (bicyclic) bond motifs is 3. The number of ether oxygens (including phenoxy) is 2. The maximum atomic E-state index is 13.2. The van der Waals surface area contributed by atoms with Crippen LogP contribution >= 0.6 is 0 Å². The SMILES string of the molecule is CCOc1cc(C2C3=C(CCCC3=O)Nc3ccc4ccccc4c32)ccc1OC(C)=O. The van der Waals surface area contributed by atoms with Crippen LogP contribution < -0.4 is 14.8 Å². The van der Waals surface area contributed by atoms with Gasteiger partial charge in [-0.2, -0.15) is 0 Å². The molecule has 1 N–H and O–H groups in total. The molecule has 1 unspecified atom stereocenters. The number of hydrogen-bond acceptors (Lipinski definition) is 5. The molecular formula is C27H25NO4. The summed E-state index contributed by atoms with van der Waals surface area (Å²) < 4.78 is 11.2. The third-order valence-corrected chi connectivity index (χ3v) is 6.14. The van der Waals surface area contributed by atoms with Gasteiger partial charge in [-0.25, -0.2) is 0 Å². The summed E-state index contributed by atoms with van der Waals surface area (Å²) in [5, 5.41) is 5.81. The van der Waals surface area contributed by atoms with E-state index in [1.165, 1.54) is 6.92 Å². The molecule has 0 radical (unpaired) electrons. The molecule has 1 atom stereocenters. The standard InChI is InChI=1S/C27H25NO4/c1-3-31-24-15-18(12-14-23(24)32-16(2)29)25-26-19-8-5-4-7-17(19)11-13-21(26)28-20-9-6-10-22(30)27(20)25/h4-5,7-8,11-15,25,28H,3,6,9-10H2,1-2H3. The van der Waals surface area contributed by atoms with Crippen molar-refractivity contribution in [2.75, 3.05) is 11.9 Å². The third-order valence-electron chi connectivity index (χ3n) is 6.14. The molecule has 1 heterocycles. The van der Waals surface area contributed by atoms with E-state index in [1.54, 1.807) is 6.07 Å². The van der Waals surface area contributed by atoms with Crippen molar-refractivity contribution in [3.63, 3.8) is 0 Å². The Morgan fingerprint density at radius 3 is 2.72 bits per heavy atom. The molecule has 5 rings (SSSR count). The summed E-state index contributed by atoms with van der Waals surface area (Å²) in [5.41, 5.74) is 4.93. The van der Waals surface area contributed by atoms with Crippen molar-refractivity contribution in [2.45, 2.75) is 39.0 Å². The smallest absolute Gasteiger partial charge is 0.308 e. The van der Waals surface area contributed by atoms with Crippen molar-refractivity contribution in [3.8, 4) is 11.5 Å². The molecule has 0 bridgehead atoms. The zero-order valence-corrected chi connectivity index (χ0v) is 18.2. The van der Waals surface area contributed by atoms with Gasteiger partial charge >= 0.3 is 5.97 Å². The molecule has 0 fully saturated rings.